The number of amides is 2. The maximum atomic E-state index is 12.0. The van der Waals surface area contributed by atoms with E-state index in [1.807, 2.05) is 45.0 Å². The van der Waals surface area contributed by atoms with Crippen molar-refractivity contribution in [2.75, 3.05) is 0 Å². The maximum Gasteiger partial charge on any atom is 0.269 e. The second-order valence-corrected chi connectivity index (χ2v) is 5.80. The fourth-order valence-electron chi connectivity index (χ4n) is 2.18. The quantitative estimate of drug-likeness (QED) is 0.830. The zero-order valence-electron chi connectivity index (χ0n) is 14.1. The summed E-state index contributed by atoms with van der Waals surface area (Å²) in [5.74, 6) is 0.0618. The van der Waals surface area contributed by atoms with Gasteiger partial charge in [-0.25, -0.2) is 0 Å². The average Bonchev–Trinajstić information content (AvgIpc) is 2.55. The van der Waals surface area contributed by atoms with Crippen molar-refractivity contribution in [3.05, 3.63) is 65.2 Å². The molecule has 0 heterocycles. The number of benzene rings is 2. The molecule has 2 aromatic carbocycles. The number of aryl methyl sites for hydroxylation is 1. The molecule has 0 bridgehead atoms. The molecular weight excluding hydrogens is 304 g/mol. The Morgan fingerprint density at radius 3 is 2.29 bits per heavy atom. The van der Waals surface area contributed by atoms with Crippen molar-refractivity contribution < 1.29 is 14.3 Å². The van der Waals surface area contributed by atoms with Gasteiger partial charge in [0.2, 0.25) is 5.91 Å². The molecule has 2 rings (SSSR count). The van der Waals surface area contributed by atoms with E-state index in [0.717, 1.165) is 11.1 Å². The topological polar surface area (TPSA) is 67.4 Å². The third-order valence-electron chi connectivity index (χ3n) is 3.42. The van der Waals surface area contributed by atoms with Gasteiger partial charge in [-0.2, -0.15) is 0 Å². The van der Waals surface area contributed by atoms with E-state index in [1.165, 1.54) is 0 Å². The van der Waals surface area contributed by atoms with Crippen LogP contribution >= 0.6 is 0 Å². The smallest absolute Gasteiger partial charge is 0.269 e. The minimum absolute atomic E-state index is 0.0745. The van der Waals surface area contributed by atoms with Gasteiger partial charge in [0, 0.05) is 5.56 Å². The highest BCUT2D eigenvalue weighted by molar-refractivity contribution is 5.95. The van der Waals surface area contributed by atoms with Crippen molar-refractivity contribution in [2.45, 2.75) is 33.3 Å². The third kappa shape index (κ3) is 5.12. The highest BCUT2D eigenvalue weighted by Gasteiger charge is 2.09. The first-order valence-electron chi connectivity index (χ1n) is 7.86. The zero-order chi connectivity index (χ0) is 17.5. The second kappa shape index (κ2) is 8.15. The average molecular weight is 326 g/mol. The Kier molecular flexibility index (Phi) is 5.95. The molecule has 24 heavy (non-hydrogen) atoms. The fourth-order valence-corrected chi connectivity index (χ4v) is 2.18. The van der Waals surface area contributed by atoms with E-state index in [1.54, 1.807) is 24.3 Å². The molecule has 126 valence electrons. The Labute approximate surface area is 142 Å². The molecule has 0 aromatic heterocycles. The van der Waals surface area contributed by atoms with E-state index in [2.05, 4.69) is 10.9 Å². The summed E-state index contributed by atoms with van der Waals surface area (Å²) >= 11 is 0. The molecule has 2 aromatic rings. The van der Waals surface area contributed by atoms with Gasteiger partial charge in [-0.15, -0.1) is 0 Å². The standard InChI is InChI=1S/C19H22N2O3/c1-13(2)24-17-10-8-15(9-11-17)19(23)21-20-18(22)12-16-7-5-4-6-14(16)3/h4-11,13H,12H2,1-3H3,(H,20,22)(H,21,23). The van der Waals surface area contributed by atoms with Gasteiger partial charge in [-0.05, 0) is 56.2 Å². The van der Waals surface area contributed by atoms with Gasteiger partial charge in [-0.1, -0.05) is 24.3 Å². The lowest BCUT2D eigenvalue weighted by molar-refractivity contribution is -0.121. The molecular formula is C19H22N2O3. The third-order valence-corrected chi connectivity index (χ3v) is 3.42. The van der Waals surface area contributed by atoms with E-state index in [-0.39, 0.29) is 24.3 Å². The van der Waals surface area contributed by atoms with Crippen LogP contribution in [0.5, 0.6) is 5.75 Å². The number of ether oxygens (including phenoxy) is 1. The van der Waals surface area contributed by atoms with Gasteiger partial charge >= 0.3 is 0 Å². The Morgan fingerprint density at radius 1 is 1.00 bits per heavy atom. The summed E-state index contributed by atoms with van der Waals surface area (Å²) < 4.78 is 5.52. The summed E-state index contributed by atoms with van der Waals surface area (Å²) in [5, 5.41) is 0. The molecule has 2 N–H and O–H groups in total. The summed E-state index contributed by atoms with van der Waals surface area (Å²) in [4.78, 5) is 24.0. The van der Waals surface area contributed by atoms with Gasteiger partial charge in [0.15, 0.2) is 0 Å². The predicted molar refractivity (Wildman–Crippen MR) is 92.7 cm³/mol. The van der Waals surface area contributed by atoms with Crippen molar-refractivity contribution in [3.8, 4) is 5.75 Å². The molecule has 0 radical (unpaired) electrons. The Morgan fingerprint density at radius 2 is 1.67 bits per heavy atom. The normalized spacial score (nSPS) is 10.3. The molecule has 0 unspecified atom stereocenters. The zero-order valence-corrected chi connectivity index (χ0v) is 14.1. The van der Waals surface area contributed by atoms with Crippen molar-refractivity contribution in [2.24, 2.45) is 0 Å². The number of nitrogens with one attached hydrogen (secondary N) is 2. The SMILES string of the molecule is Cc1ccccc1CC(=O)NNC(=O)c1ccc(OC(C)C)cc1. The number of carbonyl (C=O) groups excluding carboxylic acids is 2. The number of hydrogen-bond acceptors (Lipinski definition) is 3. The van der Waals surface area contributed by atoms with Gasteiger partial charge in [-0.3, -0.25) is 20.4 Å². The summed E-state index contributed by atoms with van der Waals surface area (Å²) in [6.45, 7) is 5.82. The molecule has 2 amide bonds. The van der Waals surface area contributed by atoms with E-state index in [9.17, 15) is 9.59 Å². The molecule has 0 aliphatic rings. The van der Waals surface area contributed by atoms with Crippen LogP contribution in [0.2, 0.25) is 0 Å². The summed E-state index contributed by atoms with van der Waals surface area (Å²) in [7, 11) is 0. The molecule has 0 atom stereocenters. The van der Waals surface area contributed by atoms with E-state index in [0.29, 0.717) is 11.3 Å². The Bertz CT molecular complexity index is 709. The summed E-state index contributed by atoms with van der Waals surface area (Å²) in [5.41, 5.74) is 7.27. The van der Waals surface area contributed by atoms with Crippen LogP contribution in [-0.2, 0) is 11.2 Å². The summed E-state index contributed by atoms with van der Waals surface area (Å²) in [6.07, 6.45) is 0.291. The molecule has 0 saturated carbocycles. The first-order chi connectivity index (χ1) is 11.5. The van der Waals surface area contributed by atoms with Crippen LogP contribution in [0.25, 0.3) is 0 Å². The lowest BCUT2D eigenvalue weighted by atomic mass is 10.1. The van der Waals surface area contributed by atoms with Crippen LogP contribution in [0.4, 0.5) is 0 Å². The largest absolute Gasteiger partial charge is 0.491 e. The molecule has 0 spiro atoms. The van der Waals surface area contributed by atoms with Crippen LogP contribution < -0.4 is 15.6 Å². The van der Waals surface area contributed by atoms with Crippen molar-refractivity contribution in [3.63, 3.8) is 0 Å². The van der Waals surface area contributed by atoms with Crippen LogP contribution in [0.3, 0.4) is 0 Å². The number of hydrogen-bond donors (Lipinski definition) is 2. The summed E-state index contributed by atoms with van der Waals surface area (Å²) in [6, 6.07) is 14.4. The maximum absolute atomic E-state index is 12.0. The van der Waals surface area contributed by atoms with Crippen LogP contribution in [0.15, 0.2) is 48.5 Å². The lowest BCUT2D eigenvalue weighted by Crippen LogP contribution is -2.42. The molecule has 0 fully saturated rings. The fraction of sp³-hybridized carbons (Fsp3) is 0.263. The Balaban J connectivity index is 1.86. The molecule has 0 aliphatic heterocycles. The van der Waals surface area contributed by atoms with Gasteiger partial charge in [0.25, 0.3) is 5.91 Å². The minimum atomic E-state index is -0.371. The van der Waals surface area contributed by atoms with E-state index in [4.69, 9.17) is 4.74 Å². The highest BCUT2D eigenvalue weighted by Crippen LogP contribution is 2.13. The first kappa shape index (κ1) is 17.5. The number of hydrazine groups is 1. The molecule has 5 heteroatoms. The van der Waals surface area contributed by atoms with Gasteiger partial charge < -0.3 is 4.74 Å². The molecule has 0 aliphatic carbocycles. The number of rotatable bonds is 5. The van der Waals surface area contributed by atoms with Crippen molar-refractivity contribution in [1.82, 2.24) is 10.9 Å². The monoisotopic (exact) mass is 326 g/mol. The predicted octanol–water partition coefficient (Wildman–Crippen LogP) is 2.79. The Hall–Kier alpha value is -2.82. The molecule has 0 saturated heterocycles. The second-order valence-electron chi connectivity index (χ2n) is 5.80. The van der Waals surface area contributed by atoms with Crippen molar-refractivity contribution in [1.29, 1.82) is 0 Å². The minimum Gasteiger partial charge on any atom is -0.491 e. The first-order valence-corrected chi connectivity index (χ1v) is 7.86. The van der Waals surface area contributed by atoms with Crippen LogP contribution in [0.1, 0.15) is 35.3 Å². The molecule has 5 nitrogen and oxygen atoms in total. The van der Waals surface area contributed by atoms with E-state index < -0.39 is 0 Å². The van der Waals surface area contributed by atoms with Crippen molar-refractivity contribution >= 4 is 11.8 Å². The number of carbonyl (C=O) groups is 2. The van der Waals surface area contributed by atoms with Gasteiger partial charge in [0.1, 0.15) is 5.75 Å². The van der Waals surface area contributed by atoms with Crippen LogP contribution in [0, 0.1) is 6.92 Å². The van der Waals surface area contributed by atoms with E-state index >= 15 is 0 Å². The highest BCUT2D eigenvalue weighted by atomic mass is 16.5. The van der Waals surface area contributed by atoms with Gasteiger partial charge in [0.05, 0.1) is 12.5 Å². The van der Waals surface area contributed by atoms with Crippen LogP contribution in [-0.4, -0.2) is 17.9 Å². The lowest BCUT2D eigenvalue weighted by Gasteiger charge is -2.11.